The van der Waals surface area contributed by atoms with E-state index >= 15 is 0 Å². The van der Waals surface area contributed by atoms with Crippen LogP contribution in [0.25, 0.3) is 0 Å². The van der Waals surface area contributed by atoms with Gasteiger partial charge in [-0.3, -0.25) is 4.79 Å². The maximum absolute atomic E-state index is 12.2. The molecule has 0 radical (unpaired) electrons. The van der Waals surface area contributed by atoms with Gasteiger partial charge in [-0.25, -0.2) is 9.78 Å². The zero-order valence-corrected chi connectivity index (χ0v) is 11.6. The van der Waals surface area contributed by atoms with Crippen molar-refractivity contribution in [1.82, 2.24) is 4.98 Å². The highest BCUT2D eigenvalue weighted by Crippen LogP contribution is 2.20. The molecule has 1 amide bonds. The summed E-state index contributed by atoms with van der Waals surface area (Å²) in [4.78, 5) is 27.2. The Kier molecular flexibility index (Phi) is 4.18. The number of hydrogen-bond donors (Lipinski definition) is 2. The van der Waals surface area contributed by atoms with Crippen LogP contribution < -0.4 is 10.1 Å². The largest absolute Gasteiger partial charge is 0.480 e. The van der Waals surface area contributed by atoms with Gasteiger partial charge in [0.1, 0.15) is 5.56 Å². The molecule has 0 unspecified atom stereocenters. The summed E-state index contributed by atoms with van der Waals surface area (Å²) in [7, 11) is 1.43. The van der Waals surface area contributed by atoms with Gasteiger partial charge in [-0.1, -0.05) is 6.07 Å². The Hall–Kier alpha value is -2.89. The number of nitrogens with zero attached hydrogens (tertiary/aromatic N) is 1. The molecule has 0 spiro atoms. The molecule has 108 valence electrons. The predicted molar refractivity (Wildman–Crippen MR) is 76.9 cm³/mol. The van der Waals surface area contributed by atoms with E-state index in [0.717, 1.165) is 5.56 Å². The third-order valence-corrected chi connectivity index (χ3v) is 2.94. The number of carboxylic acids is 1. The molecule has 0 atom stereocenters. The Balaban J connectivity index is 2.31. The molecule has 1 heterocycles. The summed E-state index contributed by atoms with van der Waals surface area (Å²) in [5, 5.41) is 11.7. The van der Waals surface area contributed by atoms with Crippen molar-refractivity contribution in [3.05, 3.63) is 53.2 Å². The number of nitrogens with one attached hydrogen (secondary N) is 1. The van der Waals surface area contributed by atoms with Crippen LogP contribution >= 0.6 is 0 Å². The first kappa shape index (κ1) is 14.5. The monoisotopic (exact) mass is 286 g/mol. The number of carboxylic acid groups (broad SMARTS) is 1. The van der Waals surface area contributed by atoms with Gasteiger partial charge in [-0.05, 0) is 36.8 Å². The second-order valence-electron chi connectivity index (χ2n) is 4.35. The molecular formula is C15H14N2O4. The highest BCUT2D eigenvalue weighted by molar-refractivity contribution is 6.06. The van der Waals surface area contributed by atoms with Crippen molar-refractivity contribution in [2.75, 3.05) is 12.4 Å². The fraction of sp³-hybridized carbons (Fsp3) is 0.133. The van der Waals surface area contributed by atoms with Crippen molar-refractivity contribution in [1.29, 1.82) is 0 Å². The number of benzene rings is 1. The highest BCUT2D eigenvalue weighted by atomic mass is 16.5. The van der Waals surface area contributed by atoms with Crippen LogP contribution in [-0.4, -0.2) is 29.1 Å². The van der Waals surface area contributed by atoms with Crippen molar-refractivity contribution in [2.24, 2.45) is 0 Å². The van der Waals surface area contributed by atoms with Crippen molar-refractivity contribution in [3.63, 3.8) is 0 Å². The van der Waals surface area contributed by atoms with E-state index in [-0.39, 0.29) is 17.0 Å². The molecule has 6 heteroatoms. The number of methoxy groups -OCH3 is 1. The first-order valence-electron chi connectivity index (χ1n) is 6.17. The normalized spacial score (nSPS) is 10.0. The molecule has 6 nitrogen and oxygen atoms in total. The highest BCUT2D eigenvalue weighted by Gasteiger charge is 2.15. The van der Waals surface area contributed by atoms with E-state index in [1.165, 1.54) is 25.4 Å². The van der Waals surface area contributed by atoms with E-state index in [9.17, 15) is 9.59 Å². The minimum atomic E-state index is -1.05. The van der Waals surface area contributed by atoms with E-state index < -0.39 is 11.9 Å². The number of carbonyl (C=O) groups is 2. The smallest absolute Gasteiger partial charge is 0.335 e. The standard InChI is InChI=1S/C15H14N2O4/c1-9-5-6-10(15(19)20)8-12(9)17-13(18)11-4-3-7-16-14(11)21-2/h3-8H,1-2H3,(H,17,18)(H,19,20). The number of rotatable bonds is 4. The Bertz CT molecular complexity index is 698. The number of pyridine rings is 1. The molecule has 0 bridgehead atoms. The van der Waals surface area contributed by atoms with Gasteiger partial charge in [0.05, 0.1) is 12.7 Å². The molecule has 0 fully saturated rings. The summed E-state index contributed by atoms with van der Waals surface area (Å²) < 4.78 is 5.03. The van der Waals surface area contributed by atoms with Crippen LogP contribution in [0.5, 0.6) is 5.88 Å². The molecule has 0 aliphatic carbocycles. The summed E-state index contributed by atoms with van der Waals surface area (Å²) >= 11 is 0. The summed E-state index contributed by atoms with van der Waals surface area (Å²) in [6.45, 7) is 1.78. The van der Waals surface area contributed by atoms with Crippen LogP contribution in [0, 0.1) is 6.92 Å². The molecule has 0 aliphatic rings. The fourth-order valence-electron chi connectivity index (χ4n) is 1.81. The molecule has 0 saturated heterocycles. The van der Waals surface area contributed by atoms with E-state index in [2.05, 4.69) is 10.3 Å². The maximum atomic E-state index is 12.2. The van der Waals surface area contributed by atoms with E-state index in [1.807, 2.05) is 0 Å². The van der Waals surface area contributed by atoms with Crippen LogP contribution in [0.1, 0.15) is 26.3 Å². The first-order valence-corrected chi connectivity index (χ1v) is 6.17. The third kappa shape index (κ3) is 3.17. The van der Waals surface area contributed by atoms with Crippen molar-refractivity contribution >= 4 is 17.6 Å². The Morgan fingerprint density at radius 3 is 2.71 bits per heavy atom. The molecule has 1 aromatic heterocycles. The minimum Gasteiger partial charge on any atom is -0.480 e. The van der Waals surface area contributed by atoms with Gasteiger partial charge in [0.2, 0.25) is 5.88 Å². The maximum Gasteiger partial charge on any atom is 0.335 e. The molecular weight excluding hydrogens is 272 g/mol. The van der Waals surface area contributed by atoms with Crippen LogP contribution in [0.3, 0.4) is 0 Å². The predicted octanol–water partition coefficient (Wildman–Crippen LogP) is 2.35. The lowest BCUT2D eigenvalue weighted by atomic mass is 10.1. The van der Waals surface area contributed by atoms with Crippen LogP contribution in [0.15, 0.2) is 36.5 Å². The van der Waals surface area contributed by atoms with Gasteiger partial charge >= 0.3 is 5.97 Å². The average Bonchev–Trinajstić information content (AvgIpc) is 2.49. The molecule has 0 saturated carbocycles. The third-order valence-electron chi connectivity index (χ3n) is 2.94. The number of aryl methyl sites for hydroxylation is 1. The summed E-state index contributed by atoms with van der Waals surface area (Å²) in [5.41, 5.74) is 1.58. The van der Waals surface area contributed by atoms with Gasteiger partial charge in [-0.2, -0.15) is 0 Å². The molecule has 0 aliphatic heterocycles. The molecule has 1 aromatic carbocycles. The van der Waals surface area contributed by atoms with Crippen molar-refractivity contribution < 1.29 is 19.4 Å². The number of aromatic nitrogens is 1. The number of amides is 1. The lowest BCUT2D eigenvalue weighted by Gasteiger charge is -2.11. The first-order chi connectivity index (χ1) is 10.0. The lowest BCUT2D eigenvalue weighted by Crippen LogP contribution is -2.15. The van der Waals surface area contributed by atoms with Crippen LogP contribution in [-0.2, 0) is 0 Å². The second kappa shape index (κ2) is 6.04. The number of hydrogen-bond acceptors (Lipinski definition) is 4. The quantitative estimate of drug-likeness (QED) is 0.900. The Labute approximate surface area is 121 Å². The number of anilines is 1. The molecule has 2 aromatic rings. The zero-order valence-electron chi connectivity index (χ0n) is 11.6. The van der Waals surface area contributed by atoms with E-state index in [1.54, 1.807) is 25.1 Å². The molecule has 2 rings (SSSR count). The fourth-order valence-corrected chi connectivity index (χ4v) is 1.81. The van der Waals surface area contributed by atoms with Crippen molar-refractivity contribution in [2.45, 2.75) is 6.92 Å². The van der Waals surface area contributed by atoms with Gasteiger partial charge in [0.25, 0.3) is 5.91 Å². The second-order valence-corrected chi connectivity index (χ2v) is 4.35. The topological polar surface area (TPSA) is 88.5 Å². The molecule has 21 heavy (non-hydrogen) atoms. The number of aromatic carboxylic acids is 1. The van der Waals surface area contributed by atoms with Crippen LogP contribution in [0.4, 0.5) is 5.69 Å². The van der Waals surface area contributed by atoms with E-state index in [4.69, 9.17) is 9.84 Å². The summed E-state index contributed by atoms with van der Waals surface area (Å²) in [6, 6.07) is 7.74. The van der Waals surface area contributed by atoms with Crippen molar-refractivity contribution in [3.8, 4) is 5.88 Å². The Morgan fingerprint density at radius 2 is 2.05 bits per heavy atom. The van der Waals surface area contributed by atoms with Gasteiger partial charge in [0.15, 0.2) is 0 Å². The lowest BCUT2D eigenvalue weighted by molar-refractivity contribution is 0.0696. The number of ether oxygens (including phenoxy) is 1. The average molecular weight is 286 g/mol. The van der Waals surface area contributed by atoms with Gasteiger partial charge in [0, 0.05) is 11.9 Å². The zero-order chi connectivity index (χ0) is 15.4. The molecule has 2 N–H and O–H groups in total. The minimum absolute atomic E-state index is 0.106. The Morgan fingerprint density at radius 1 is 1.29 bits per heavy atom. The summed E-state index contributed by atoms with van der Waals surface area (Å²) in [6.07, 6.45) is 1.52. The van der Waals surface area contributed by atoms with E-state index in [0.29, 0.717) is 5.69 Å². The summed E-state index contributed by atoms with van der Waals surface area (Å²) in [5.74, 6) is -1.25. The number of carbonyl (C=O) groups excluding carboxylic acids is 1. The van der Waals surface area contributed by atoms with Gasteiger partial charge < -0.3 is 15.2 Å². The van der Waals surface area contributed by atoms with Crippen LogP contribution in [0.2, 0.25) is 0 Å². The SMILES string of the molecule is COc1ncccc1C(=O)Nc1cc(C(=O)O)ccc1C. The van der Waals surface area contributed by atoms with Gasteiger partial charge in [-0.15, -0.1) is 0 Å².